The standard InChI is InChI=1S/C17H24N4S/c1-20-7-9-21(10-8-20)6-5-19-17-12-15(13-22-17)14-3-2-4-16(18)11-14/h2-4,11-13,19H,5-10,18H2,1H3. The predicted octanol–water partition coefficient (Wildman–Crippen LogP) is 2.66. The maximum absolute atomic E-state index is 5.85. The number of nitrogens with one attached hydrogen (secondary N) is 1. The molecule has 1 saturated heterocycles. The van der Waals surface area contributed by atoms with Gasteiger partial charge in [0.15, 0.2) is 0 Å². The molecule has 3 N–H and O–H groups in total. The summed E-state index contributed by atoms with van der Waals surface area (Å²) in [5.41, 5.74) is 9.09. The number of anilines is 2. The topological polar surface area (TPSA) is 44.5 Å². The molecule has 118 valence electrons. The highest BCUT2D eigenvalue weighted by Crippen LogP contribution is 2.29. The first-order valence-electron chi connectivity index (χ1n) is 7.80. The molecule has 1 fully saturated rings. The van der Waals surface area contributed by atoms with Gasteiger partial charge < -0.3 is 16.0 Å². The second-order valence-corrected chi connectivity index (χ2v) is 6.81. The Bertz CT molecular complexity index is 602. The van der Waals surface area contributed by atoms with Gasteiger partial charge in [-0.2, -0.15) is 0 Å². The van der Waals surface area contributed by atoms with Crippen molar-refractivity contribution in [2.45, 2.75) is 0 Å². The van der Waals surface area contributed by atoms with Crippen LogP contribution in [0.2, 0.25) is 0 Å². The number of hydrogen-bond donors (Lipinski definition) is 2. The second-order valence-electron chi connectivity index (χ2n) is 5.90. The van der Waals surface area contributed by atoms with Crippen molar-refractivity contribution in [2.24, 2.45) is 0 Å². The average molecular weight is 316 g/mol. The van der Waals surface area contributed by atoms with Gasteiger partial charge >= 0.3 is 0 Å². The molecule has 0 amide bonds. The van der Waals surface area contributed by atoms with Crippen LogP contribution >= 0.6 is 11.3 Å². The highest BCUT2D eigenvalue weighted by Gasteiger charge is 2.12. The lowest BCUT2D eigenvalue weighted by molar-refractivity contribution is 0.158. The monoisotopic (exact) mass is 316 g/mol. The number of nitrogens with two attached hydrogens (primary N) is 1. The highest BCUT2D eigenvalue weighted by atomic mass is 32.1. The first-order chi connectivity index (χ1) is 10.7. The Balaban J connectivity index is 1.50. The Morgan fingerprint density at radius 1 is 1.14 bits per heavy atom. The summed E-state index contributed by atoms with van der Waals surface area (Å²) in [7, 11) is 2.19. The van der Waals surface area contributed by atoms with Gasteiger partial charge in [0.05, 0.1) is 5.00 Å². The van der Waals surface area contributed by atoms with Crippen LogP contribution in [0.1, 0.15) is 0 Å². The minimum atomic E-state index is 0.813. The summed E-state index contributed by atoms with van der Waals surface area (Å²) in [6, 6.07) is 10.3. The molecule has 4 nitrogen and oxygen atoms in total. The third-order valence-corrected chi connectivity index (χ3v) is 5.03. The molecular formula is C17H24N4S. The number of nitrogen functional groups attached to an aromatic ring is 1. The number of nitrogens with zero attached hydrogens (tertiary/aromatic N) is 2. The second kappa shape index (κ2) is 7.13. The van der Waals surface area contributed by atoms with E-state index in [1.54, 1.807) is 11.3 Å². The Morgan fingerprint density at radius 2 is 1.95 bits per heavy atom. The smallest absolute Gasteiger partial charge is 0.0889 e. The Hall–Kier alpha value is -1.56. The molecule has 0 atom stereocenters. The molecule has 0 bridgehead atoms. The van der Waals surface area contributed by atoms with Gasteiger partial charge in [0, 0.05) is 50.3 Å². The van der Waals surface area contributed by atoms with Crippen molar-refractivity contribution in [3.63, 3.8) is 0 Å². The molecule has 2 aromatic rings. The van der Waals surface area contributed by atoms with E-state index >= 15 is 0 Å². The van der Waals surface area contributed by atoms with Crippen LogP contribution in [0.25, 0.3) is 11.1 Å². The Morgan fingerprint density at radius 3 is 2.73 bits per heavy atom. The van der Waals surface area contributed by atoms with Gasteiger partial charge in [-0.25, -0.2) is 0 Å². The average Bonchev–Trinajstić information content (AvgIpc) is 2.98. The summed E-state index contributed by atoms with van der Waals surface area (Å²) in [4.78, 5) is 4.92. The van der Waals surface area contributed by atoms with E-state index in [4.69, 9.17) is 5.73 Å². The first-order valence-corrected chi connectivity index (χ1v) is 8.68. The van der Waals surface area contributed by atoms with Gasteiger partial charge in [-0.3, -0.25) is 4.90 Å². The van der Waals surface area contributed by atoms with E-state index in [0.29, 0.717) is 0 Å². The van der Waals surface area contributed by atoms with E-state index in [2.05, 4.69) is 39.7 Å². The van der Waals surface area contributed by atoms with Gasteiger partial charge in [-0.1, -0.05) is 12.1 Å². The molecular weight excluding hydrogens is 292 g/mol. The van der Waals surface area contributed by atoms with E-state index < -0.39 is 0 Å². The fourth-order valence-corrected chi connectivity index (χ4v) is 3.55. The van der Waals surface area contributed by atoms with Gasteiger partial charge in [-0.15, -0.1) is 11.3 Å². The van der Waals surface area contributed by atoms with Crippen molar-refractivity contribution < 1.29 is 0 Å². The molecule has 1 aromatic heterocycles. The third-order valence-electron chi connectivity index (χ3n) is 4.14. The van der Waals surface area contributed by atoms with Crippen molar-refractivity contribution in [1.29, 1.82) is 0 Å². The Kier molecular flexibility index (Phi) is 4.97. The van der Waals surface area contributed by atoms with Crippen LogP contribution in [0.15, 0.2) is 35.7 Å². The quantitative estimate of drug-likeness (QED) is 0.833. The summed E-state index contributed by atoms with van der Waals surface area (Å²) in [6.45, 7) is 6.82. The number of thiophene rings is 1. The van der Waals surface area contributed by atoms with Gasteiger partial charge in [-0.05, 0) is 36.4 Å². The number of piperazine rings is 1. The fourth-order valence-electron chi connectivity index (χ4n) is 2.71. The maximum Gasteiger partial charge on any atom is 0.0889 e. The summed E-state index contributed by atoms with van der Waals surface area (Å²) in [5.74, 6) is 0. The molecule has 3 rings (SSSR count). The maximum atomic E-state index is 5.85. The number of benzene rings is 1. The number of rotatable bonds is 5. The minimum Gasteiger partial charge on any atom is -0.399 e. The predicted molar refractivity (Wildman–Crippen MR) is 96.6 cm³/mol. The van der Waals surface area contributed by atoms with Crippen LogP contribution in [-0.4, -0.2) is 56.1 Å². The molecule has 1 aliphatic rings. The van der Waals surface area contributed by atoms with Crippen molar-refractivity contribution in [2.75, 3.05) is 57.4 Å². The molecule has 0 radical (unpaired) electrons. The van der Waals surface area contributed by atoms with Crippen LogP contribution < -0.4 is 11.1 Å². The molecule has 1 aliphatic heterocycles. The van der Waals surface area contributed by atoms with E-state index in [1.807, 2.05) is 18.2 Å². The van der Waals surface area contributed by atoms with Crippen LogP contribution in [0.5, 0.6) is 0 Å². The summed E-state index contributed by atoms with van der Waals surface area (Å²) < 4.78 is 0. The van der Waals surface area contributed by atoms with Crippen LogP contribution in [-0.2, 0) is 0 Å². The van der Waals surface area contributed by atoms with E-state index in [-0.39, 0.29) is 0 Å². The van der Waals surface area contributed by atoms with Crippen LogP contribution in [0.4, 0.5) is 10.7 Å². The molecule has 0 spiro atoms. The fraction of sp³-hybridized carbons (Fsp3) is 0.412. The van der Waals surface area contributed by atoms with Crippen LogP contribution in [0.3, 0.4) is 0 Å². The zero-order valence-electron chi connectivity index (χ0n) is 13.1. The normalized spacial score (nSPS) is 16.8. The highest BCUT2D eigenvalue weighted by molar-refractivity contribution is 7.14. The molecule has 5 heteroatoms. The van der Waals surface area contributed by atoms with Gasteiger partial charge in [0.2, 0.25) is 0 Å². The summed E-state index contributed by atoms with van der Waals surface area (Å²) in [5, 5.41) is 6.96. The van der Waals surface area contributed by atoms with E-state index in [1.165, 1.54) is 42.3 Å². The molecule has 0 aliphatic carbocycles. The van der Waals surface area contributed by atoms with Gasteiger partial charge in [0.1, 0.15) is 0 Å². The van der Waals surface area contributed by atoms with Crippen molar-refractivity contribution in [3.05, 3.63) is 35.7 Å². The Labute approximate surface area is 136 Å². The van der Waals surface area contributed by atoms with Gasteiger partial charge in [0.25, 0.3) is 0 Å². The SMILES string of the molecule is CN1CCN(CCNc2cc(-c3cccc(N)c3)cs2)CC1. The summed E-state index contributed by atoms with van der Waals surface area (Å²) >= 11 is 1.76. The lowest BCUT2D eigenvalue weighted by Crippen LogP contribution is -2.45. The third kappa shape index (κ3) is 4.00. The summed E-state index contributed by atoms with van der Waals surface area (Å²) in [6.07, 6.45) is 0. The zero-order valence-corrected chi connectivity index (χ0v) is 13.9. The largest absolute Gasteiger partial charge is 0.399 e. The molecule has 22 heavy (non-hydrogen) atoms. The van der Waals surface area contributed by atoms with Crippen LogP contribution in [0, 0.1) is 0 Å². The van der Waals surface area contributed by atoms with Crippen molar-refractivity contribution in [1.82, 2.24) is 9.80 Å². The minimum absolute atomic E-state index is 0.813. The van der Waals surface area contributed by atoms with Crippen molar-refractivity contribution >= 4 is 22.0 Å². The molecule has 0 unspecified atom stereocenters. The molecule has 0 saturated carbocycles. The van der Waals surface area contributed by atoms with Crippen molar-refractivity contribution in [3.8, 4) is 11.1 Å². The molecule has 1 aromatic carbocycles. The van der Waals surface area contributed by atoms with E-state index in [0.717, 1.165) is 18.8 Å². The molecule has 2 heterocycles. The number of likely N-dealkylation sites (N-methyl/N-ethyl adjacent to an activating group) is 1. The number of hydrogen-bond acceptors (Lipinski definition) is 5. The van der Waals surface area contributed by atoms with E-state index in [9.17, 15) is 0 Å². The first kappa shape index (κ1) is 15.3. The lowest BCUT2D eigenvalue weighted by atomic mass is 10.1. The zero-order chi connectivity index (χ0) is 15.4. The lowest BCUT2D eigenvalue weighted by Gasteiger charge is -2.32.